The zero-order valence-electron chi connectivity index (χ0n) is 13.6. The Morgan fingerprint density at radius 3 is 2.62 bits per heavy atom. The number of carbonyl (C=O) groups is 1. The van der Waals surface area contributed by atoms with Crippen molar-refractivity contribution in [2.24, 2.45) is 0 Å². The molecule has 0 bridgehead atoms. The summed E-state index contributed by atoms with van der Waals surface area (Å²) in [5, 5.41) is 5.21. The number of carbonyl (C=O) groups excluding carboxylic acids is 1. The molecule has 0 saturated carbocycles. The zero-order valence-corrected chi connectivity index (χ0v) is 14.4. The third kappa shape index (κ3) is 3.35. The maximum Gasteiger partial charge on any atom is 0.270 e. The van der Waals surface area contributed by atoms with E-state index >= 15 is 0 Å². The fourth-order valence-corrected chi connectivity index (χ4v) is 3.09. The van der Waals surface area contributed by atoms with Crippen LogP contribution in [-0.2, 0) is 0 Å². The number of nitrogens with zero attached hydrogens (tertiary/aromatic N) is 2. The number of rotatable bonds is 4. The minimum atomic E-state index is -0.297. The Bertz CT molecular complexity index is 867. The van der Waals surface area contributed by atoms with E-state index in [1.54, 1.807) is 17.5 Å². The van der Waals surface area contributed by atoms with Crippen LogP contribution in [0.1, 0.15) is 30.2 Å². The highest BCUT2D eigenvalue weighted by Crippen LogP contribution is 2.32. The smallest absolute Gasteiger partial charge is 0.270 e. The molecule has 0 spiro atoms. The predicted molar refractivity (Wildman–Crippen MR) is 92.4 cm³/mol. The number of H-pyrrole nitrogens is 1. The molecule has 3 rings (SSSR count). The van der Waals surface area contributed by atoms with Crippen LogP contribution in [0.25, 0.3) is 22.0 Å². The molecule has 0 aliphatic rings. The second-order valence-corrected chi connectivity index (χ2v) is 6.58. The van der Waals surface area contributed by atoms with Gasteiger partial charge in [-0.25, -0.2) is 14.4 Å². The van der Waals surface area contributed by atoms with Gasteiger partial charge < -0.3 is 10.3 Å². The number of amides is 1. The number of nitrogens with one attached hydrogen (secondary N) is 2. The Hall–Kier alpha value is -2.54. The number of thiazole rings is 1. The molecular formula is C17H17FN4OS. The second-order valence-electron chi connectivity index (χ2n) is 5.72. The number of imidazole rings is 1. The molecule has 1 aromatic carbocycles. The maximum atomic E-state index is 13.1. The van der Waals surface area contributed by atoms with Crippen LogP contribution in [0.4, 0.5) is 4.39 Å². The minimum Gasteiger partial charge on any atom is -0.349 e. The van der Waals surface area contributed by atoms with E-state index in [2.05, 4.69) is 20.3 Å². The number of aromatic nitrogens is 3. The van der Waals surface area contributed by atoms with E-state index in [4.69, 9.17) is 0 Å². The summed E-state index contributed by atoms with van der Waals surface area (Å²) < 4.78 is 13.1. The van der Waals surface area contributed by atoms with Crippen molar-refractivity contribution in [1.82, 2.24) is 20.3 Å². The molecule has 3 aromatic rings. The molecule has 0 saturated heterocycles. The highest BCUT2D eigenvalue weighted by atomic mass is 32.1. The van der Waals surface area contributed by atoms with E-state index in [0.717, 1.165) is 17.1 Å². The first-order valence-electron chi connectivity index (χ1n) is 7.53. The summed E-state index contributed by atoms with van der Waals surface area (Å²) in [5.41, 5.74) is 2.59. The van der Waals surface area contributed by atoms with Gasteiger partial charge in [-0.15, -0.1) is 11.3 Å². The van der Waals surface area contributed by atoms with Crippen molar-refractivity contribution in [2.75, 3.05) is 0 Å². The summed E-state index contributed by atoms with van der Waals surface area (Å²) in [4.78, 5) is 24.1. The molecule has 0 unspecified atom stereocenters. The largest absolute Gasteiger partial charge is 0.349 e. The molecule has 24 heavy (non-hydrogen) atoms. The average Bonchev–Trinajstić information content (AvgIpc) is 3.14. The first-order valence-corrected chi connectivity index (χ1v) is 8.41. The zero-order chi connectivity index (χ0) is 17.3. The summed E-state index contributed by atoms with van der Waals surface area (Å²) in [5.74, 6) is 0.231. The molecule has 5 nitrogen and oxygen atoms in total. The van der Waals surface area contributed by atoms with Crippen molar-refractivity contribution in [2.45, 2.75) is 26.8 Å². The van der Waals surface area contributed by atoms with Gasteiger partial charge in [0.1, 0.15) is 28.0 Å². The third-order valence-corrected chi connectivity index (χ3v) is 4.17. The van der Waals surface area contributed by atoms with Crippen LogP contribution >= 0.6 is 11.3 Å². The van der Waals surface area contributed by atoms with Gasteiger partial charge in [0, 0.05) is 17.0 Å². The molecule has 0 fully saturated rings. The number of benzene rings is 1. The molecule has 0 atom stereocenters. The van der Waals surface area contributed by atoms with Crippen molar-refractivity contribution in [3.63, 3.8) is 0 Å². The molecule has 1 amide bonds. The lowest BCUT2D eigenvalue weighted by atomic mass is 10.1. The van der Waals surface area contributed by atoms with Crippen molar-refractivity contribution in [3.8, 4) is 22.0 Å². The number of halogens is 1. The van der Waals surface area contributed by atoms with Gasteiger partial charge in [0.2, 0.25) is 0 Å². The van der Waals surface area contributed by atoms with Gasteiger partial charge in [-0.05, 0) is 45.0 Å². The summed E-state index contributed by atoms with van der Waals surface area (Å²) in [6, 6.07) is 6.19. The topological polar surface area (TPSA) is 70.7 Å². The molecule has 0 aliphatic heterocycles. The molecule has 2 heterocycles. The van der Waals surface area contributed by atoms with Crippen molar-refractivity contribution >= 4 is 17.2 Å². The molecular weight excluding hydrogens is 327 g/mol. The van der Waals surface area contributed by atoms with Crippen LogP contribution < -0.4 is 5.32 Å². The van der Waals surface area contributed by atoms with E-state index in [-0.39, 0.29) is 17.8 Å². The Balaban J connectivity index is 1.97. The summed E-state index contributed by atoms with van der Waals surface area (Å²) in [6.07, 6.45) is 0. The predicted octanol–water partition coefficient (Wildman–Crippen LogP) is 3.79. The van der Waals surface area contributed by atoms with Crippen LogP contribution in [0.2, 0.25) is 0 Å². The second kappa shape index (κ2) is 6.52. The van der Waals surface area contributed by atoms with Gasteiger partial charge in [-0.1, -0.05) is 0 Å². The van der Waals surface area contributed by atoms with Gasteiger partial charge in [0.05, 0.1) is 5.69 Å². The lowest BCUT2D eigenvalue weighted by molar-refractivity contribution is 0.0939. The Morgan fingerprint density at radius 1 is 1.25 bits per heavy atom. The Morgan fingerprint density at radius 2 is 1.96 bits per heavy atom. The minimum absolute atomic E-state index is 0.0480. The van der Waals surface area contributed by atoms with E-state index in [1.165, 1.54) is 23.5 Å². The standard InChI is InChI=1S/C17H17FN4OS/c1-9(2)19-16(23)13-8-24-17(22-13)15-14(20-10(3)21-15)11-4-6-12(18)7-5-11/h4-9H,1-3H3,(H,19,23)(H,20,21). The highest BCUT2D eigenvalue weighted by Gasteiger charge is 2.18. The van der Waals surface area contributed by atoms with Gasteiger partial charge in [-0.2, -0.15) is 0 Å². The van der Waals surface area contributed by atoms with E-state index in [9.17, 15) is 9.18 Å². The summed E-state index contributed by atoms with van der Waals surface area (Å²) in [6.45, 7) is 5.64. The van der Waals surface area contributed by atoms with E-state index in [0.29, 0.717) is 16.4 Å². The fourth-order valence-electron chi connectivity index (χ4n) is 2.29. The first-order chi connectivity index (χ1) is 11.4. The lowest BCUT2D eigenvalue weighted by Gasteiger charge is -2.05. The van der Waals surface area contributed by atoms with Gasteiger partial charge in [0.25, 0.3) is 5.91 Å². The number of hydrogen-bond donors (Lipinski definition) is 2. The molecule has 0 radical (unpaired) electrons. The lowest BCUT2D eigenvalue weighted by Crippen LogP contribution is -2.30. The molecule has 2 N–H and O–H groups in total. The van der Waals surface area contributed by atoms with Crippen LogP contribution in [0, 0.1) is 12.7 Å². The maximum absolute atomic E-state index is 13.1. The van der Waals surface area contributed by atoms with Crippen LogP contribution in [-0.4, -0.2) is 26.9 Å². The van der Waals surface area contributed by atoms with Crippen LogP contribution in [0.5, 0.6) is 0 Å². The highest BCUT2D eigenvalue weighted by molar-refractivity contribution is 7.13. The normalized spacial score (nSPS) is 11.0. The average molecular weight is 344 g/mol. The van der Waals surface area contributed by atoms with E-state index < -0.39 is 0 Å². The Kier molecular flexibility index (Phi) is 4.44. The van der Waals surface area contributed by atoms with Gasteiger partial charge >= 0.3 is 0 Å². The SMILES string of the molecule is Cc1nc(-c2ccc(F)cc2)c(-c2nc(C(=O)NC(C)C)cs2)[nH]1. The summed E-state index contributed by atoms with van der Waals surface area (Å²) >= 11 is 1.37. The first kappa shape index (κ1) is 16.3. The molecule has 124 valence electrons. The number of aryl methyl sites for hydroxylation is 1. The van der Waals surface area contributed by atoms with Crippen molar-refractivity contribution in [3.05, 3.63) is 47.0 Å². The number of aromatic amines is 1. The van der Waals surface area contributed by atoms with Crippen molar-refractivity contribution < 1.29 is 9.18 Å². The molecule has 0 aliphatic carbocycles. The van der Waals surface area contributed by atoms with Gasteiger partial charge in [-0.3, -0.25) is 4.79 Å². The number of hydrogen-bond acceptors (Lipinski definition) is 4. The van der Waals surface area contributed by atoms with E-state index in [1.807, 2.05) is 20.8 Å². The monoisotopic (exact) mass is 344 g/mol. The fraction of sp³-hybridized carbons (Fsp3) is 0.235. The quantitative estimate of drug-likeness (QED) is 0.756. The summed E-state index contributed by atoms with van der Waals surface area (Å²) in [7, 11) is 0. The van der Waals surface area contributed by atoms with Crippen LogP contribution in [0.3, 0.4) is 0 Å². The van der Waals surface area contributed by atoms with Gasteiger partial charge in [0.15, 0.2) is 0 Å². The third-order valence-electron chi connectivity index (χ3n) is 3.31. The molecule has 2 aromatic heterocycles. The van der Waals surface area contributed by atoms with Crippen molar-refractivity contribution in [1.29, 1.82) is 0 Å². The van der Waals surface area contributed by atoms with Crippen LogP contribution in [0.15, 0.2) is 29.6 Å². The molecule has 7 heteroatoms. The Labute approximate surface area is 143 Å².